The van der Waals surface area contributed by atoms with Crippen molar-refractivity contribution in [3.8, 4) is 11.5 Å². The summed E-state index contributed by atoms with van der Waals surface area (Å²) in [6.45, 7) is 0. The van der Waals surface area contributed by atoms with Gasteiger partial charge >= 0.3 is 5.56 Å². The molecule has 0 bridgehead atoms. The van der Waals surface area contributed by atoms with E-state index in [9.17, 15) is 9.18 Å². The van der Waals surface area contributed by atoms with Crippen LogP contribution in [0.1, 0.15) is 0 Å². The van der Waals surface area contributed by atoms with Crippen LogP contribution < -0.4 is 11.3 Å². The normalized spacial score (nSPS) is 11.2. The Balaban J connectivity index is 2.33. The van der Waals surface area contributed by atoms with E-state index in [1.165, 1.54) is 12.1 Å². The second-order valence-electron chi connectivity index (χ2n) is 4.07. The Morgan fingerprint density at radius 1 is 1.39 bits per heavy atom. The third-order valence-electron chi connectivity index (χ3n) is 2.97. The zero-order valence-electron chi connectivity index (χ0n) is 9.53. The van der Waals surface area contributed by atoms with Crippen LogP contribution in [0.5, 0.6) is 0 Å². The van der Waals surface area contributed by atoms with Gasteiger partial charge in [-0.25, -0.2) is 4.39 Å². The number of aromatic nitrogens is 2. The molecule has 0 unspecified atom stereocenters. The van der Waals surface area contributed by atoms with E-state index in [0.717, 1.165) is 10.9 Å². The molecule has 3 rings (SSSR count). The fourth-order valence-corrected chi connectivity index (χ4v) is 2.04. The van der Waals surface area contributed by atoms with Gasteiger partial charge in [-0.2, -0.15) is 5.16 Å². The molecule has 0 amide bonds. The summed E-state index contributed by atoms with van der Waals surface area (Å²) in [5.74, 6) is -0.0535. The van der Waals surface area contributed by atoms with Crippen LogP contribution in [0.3, 0.4) is 0 Å². The van der Waals surface area contributed by atoms with E-state index in [2.05, 4.69) is 5.16 Å². The fraction of sp³-hybridized carbons (Fsp3) is 0.0833. The largest absolute Gasteiger partial charge is 0.391 e. The summed E-state index contributed by atoms with van der Waals surface area (Å²) in [5, 5.41) is 2.89. The number of halogens is 1. The lowest BCUT2D eigenvalue weighted by Gasteiger charge is -2.00. The van der Waals surface area contributed by atoms with Gasteiger partial charge in [-0.15, -0.1) is 0 Å². The third kappa shape index (κ3) is 1.35. The molecule has 2 aromatic heterocycles. The maximum Gasteiger partial charge on any atom is 0.303 e. The molecule has 18 heavy (non-hydrogen) atoms. The molecule has 0 radical (unpaired) electrons. The Labute approximate surface area is 101 Å². The zero-order chi connectivity index (χ0) is 12.9. The summed E-state index contributed by atoms with van der Waals surface area (Å²) < 4.78 is 20.0. The van der Waals surface area contributed by atoms with Gasteiger partial charge in [0.05, 0.1) is 5.69 Å². The monoisotopic (exact) mass is 247 g/mol. The van der Waals surface area contributed by atoms with Gasteiger partial charge in [0, 0.05) is 18.0 Å². The topological polar surface area (TPSA) is 77.0 Å². The number of fused-ring (bicyclic) bond motifs is 1. The van der Waals surface area contributed by atoms with Crippen molar-refractivity contribution in [3.05, 3.63) is 40.4 Å². The van der Waals surface area contributed by atoms with Crippen LogP contribution >= 0.6 is 0 Å². The molecule has 1 aromatic carbocycles. The van der Waals surface area contributed by atoms with E-state index in [1.807, 2.05) is 0 Å². The first-order valence-electron chi connectivity index (χ1n) is 5.30. The number of nitrogens with one attached hydrogen (secondary N) is 1. The molecule has 0 aliphatic heterocycles. The minimum absolute atomic E-state index is 0.0152. The molecule has 0 aliphatic carbocycles. The number of nitrogens with zero attached hydrogens (tertiary/aromatic N) is 1. The average molecular weight is 247 g/mol. The lowest BCUT2D eigenvalue weighted by Crippen LogP contribution is -2.05. The summed E-state index contributed by atoms with van der Waals surface area (Å²) in [6, 6.07) is 6.18. The summed E-state index contributed by atoms with van der Waals surface area (Å²) in [5.41, 5.74) is 6.62. The Bertz CT molecular complexity index is 797. The molecule has 2 heterocycles. The van der Waals surface area contributed by atoms with E-state index >= 15 is 0 Å². The highest BCUT2D eigenvalue weighted by atomic mass is 19.1. The predicted octanol–water partition coefficient (Wildman–Crippen LogP) is 1.85. The number of rotatable bonds is 1. The smallest absolute Gasteiger partial charge is 0.303 e. The molecule has 0 fully saturated rings. The highest BCUT2D eigenvalue weighted by Gasteiger charge is 2.16. The van der Waals surface area contributed by atoms with E-state index in [0.29, 0.717) is 5.69 Å². The van der Waals surface area contributed by atoms with Gasteiger partial charge in [0.1, 0.15) is 11.5 Å². The van der Waals surface area contributed by atoms with Gasteiger partial charge in [-0.1, -0.05) is 0 Å². The zero-order valence-corrected chi connectivity index (χ0v) is 9.53. The number of hydrogen-bond acceptors (Lipinski definition) is 3. The summed E-state index contributed by atoms with van der Waals surface area (Å²) in [6.07, 6.45) is 0. The number of H-pyrrole nitrogens is 1. The molecule has 0 atom stereocenters. The van der Waals surface area contributed by atoms with Crippen molar-refractivity contribution in [3.63, 3.8) is 0 Å². The molecule has 92 valence electrons. The maximum atomic E-state index is 13.1. The number of aromatic amines is 1. The maximum absolute atomic E-state index is 13.1. The number of hydrogen-bond donors (Lipinski definition) is 2. The van der Waals surface area contributed by atoms with Crippen LogP contribution in [0.25, 0.3) is 22.4 Å². The van der Waals surface area contributed by atoms with Crippen molar-refractivity contribution < 1.29 is 8.91 Å². The van der Waals surface area contributed by atoms with Crippen LogP contribution in [-0.4, -0.2) is 9.72 Å². The summed E-state index contributed by atoms with van der Waals surface area (Å²) >= 11 is 0. The minimum Gasteiger partial charge on any atom is -0.391 e. The molecular formula is C12H10FN3O2. The molecule has 3 aromatic rings. The van der Waals surface area contributed by atoms with Crippen LogP contribution in [-0.2, 0) is 7.05 Å². The van der Waals surface area contributed by atoms with E-state index in [-0.39, 0.29) is 17.3 Å². The number of anilines is 1. The van der Waals surface area contributed by atoms with Gasteiger partial charge in [-0.3, -0.25) is 4.79 Å². The Morgan fingerprint density at radius 2 is 2.17 bits per heavy atom. The number of nitrogens with two attached hydrogens (primary N) is 1. The Hall–Kier alpha value is -2.50. The van der Waals surface area contributed by atoms with Gasteiger partial charge in [-0.05, 0) is 24.3 Å². The highest BCUT2D eigenvalue weighted by Crippen LogP contribution is 2.29. The number of nitrogen functional groups attached to an aromatic ring is 1. The quantitative estimate of drug-likeness (QED) is 0.688. The fourth-order valence-electron chi connectivity index (χ4n) is 2.04. The molecule has 6 heteroatoms. The van der Waals surface area contributed by atoms with Gasteiger partial charge < -0.3 is 14.8 Å². The highest BCUT2D eigenvalue weighted by molar-refractivity contribution is 5.87. The molecule has 3 N–H and O–H groups in total. The molecule has 0 spiro atoms. The van der Waals surface area contributed by atoms with Gasteiger partial charge in [0.25, 0.3) is 0 Å². The molecular weight excluding hydrogens is 237 g/mol. The van der Waals surface area contributed by atoms with Crippen molar-refractivity contribution in [2.75, 3.05) is 5.73 Å². The van der Waals surface area contributed by atoms with Crippen LogP contribution in [0.4, 0.5) is 10.1 Å². The van der Waals surface area contributed by atoms with Crippen LogP contribution in [0.2, 0.25) is 0 Å². The molecule has 0 aliphatic rings. The first kappa shape index (κ1) is 10.6. The molecule has 5 nitrogen and oxygen atoms in total. The third-order valence-corrected chi connectivity index (χ3v) is 2.97. The summed E-state index contributed by atoms with van der Waals surface area (Å²) in [7, 11) is 1.79. The van der Waals surface area contributed by atoms with Crippen LogP contribution in [0, 0.1) is 5.82 Å². The van der Waals surface area contributed by atoms with Gasteiger partial charge in [0.15, 0.2) is 0 Å². The Kier molecular flexibility index (Phi) is 2.07. The van der Waals surface area contributed by atoms with Crippen molar-refractivity contribution in [1.29, 1.82) is 0 Å². The first-order chi connectivity index (χ1) is 8.58. The number of benzene rings is 1. The lowest BCUT2D eigenvalue weighted by atomic mass is 10.2. The predicted molar refractivity (Wildman–Crippen MR) is 65.6 cm³/mol. The van der Waals surface area contributed by atoms with E-state index in [1.54, 1.807) is 23.7 Å². The van der Waals surface area contributed by atoms with E-state index in [4.69, 9.17) is 10.3 Å². The minimum atomic E-state index is -0.471. The average Bonchev–Trinajstić information content (AvgIpc) is 2.82. The number of aryl methyl sites for hydroxylation is 1. The molecule has 0 saturated carbocycles. The standard InChI is InChI=1S/C12H10FN3O2/c1-16-8-3-2-7(13)4-6(8)5-9(16)11-10(14)12(17)15-18-11/h2-5H,14H2,1H3,(H,15,17). The second kappa shape index (κ2) is 3.49. The first-order valence-corrected chi connectivity index (χ1v) is 5.30. The SMILES string of the molecule is Cn1c(-c2o[nH]c(=O)c2N)cc2cc(F)ccc21. The lowest BCUT2D eigenvalue weighted by molar-refractivity contribution is 0.424. The van der Waals surface area contributed by atoms with Crippen molar-refractivity contribution in [1.82, 2.24) is 9.72 Å². The van der Waals surface area contributed by atoms with Crippen LogP contribution in [0.15, 0.2) is 33.6 Å². The second-order valence-corrected chi connectivity index (χ2v) is 4.07. The summed E-state index contributed by atoms with van der Waals surface area (Å²) in [4.78, 5) is 11.3. The Morgan fingerprint density at radius 3 is 2.83 bits per heavy atom. The van der Waals surface area contributed by atoms with E-state index < -0.39 is 5.56 Å². The van der Waals surface area contributed by atoms with Crippen molar-refractivity contribution >= 4 is 16.6 Å². The molecule has 0 saturated heterocycles. The van der Waals surface area contributed by atoms with Gasteiger partial charge in [0.2, 0.25) is 5.76 Å². The van der Waals surface area contributed by atoms with Crippen molar-refractivity contribution in [2.45, 2.75) is 0 Å². The van der Waals surface area contributed by atoms with Crippen molar-refractivity contribution in [2.24, 2.45) is 7.05 Å².